The molecule has 2 heterocycles. The Morgan fingerprint density at radius 3 is 2.59 bits per heavy atom. The van der Waals surface area contributed by atoms with Gasteiger partial charge in [0.15, 0.2) is 5.82 Å². The molecule has 22 heavy (non-hydrogen) atoms. The average molecular weight is 301 g/mol. The van der Waals surface area contributed by atoms with Gasteiger partial charge in [-0.15, -0.1) is 0 Å². The highest BCUT2D eigenvalue weighted by atomic mass is 15.3. The lowest BCUT2D eigenvalue weighted by Gasteiger charge is -2.24. The van der Waals surface area contributed by atoms with Gasteiger partial charge in [-0.25, -0.2) is 9.97 Å². The van der Waals surface area contributed by atoms with E-state index in [0.717, 1.165) is 47.8 Å². The van der Waals surface area contributed by atoms with E-state index in [1.807, 2.05) is 11.6 Å². The summed E-state index contributed by atoms with van der Waals surface area (Å²) in [6.07, 6.45) is 8.48. The molecule has 0 bridgehead atoms. The molecule has 2 aromatic heterocycles. The maximum absolute atomic E-state index is 4.82. The molecule has 0 aliphatic heterocycles. The Kier molecular flexibility index (Phi) is 4.60. The maximum Gasteiger partial charge on any atom is 0.156 e. The number of aromatic nitrogens is 4. The van der Waals surface area contributed by atoms with Crippen LogP contribution in [0.3, 0.4) is 0 Å². The van der Waals surface area contributed by atoms with Gasteiger partial charge in [0.25, 0.3) is 0 Å². The third-order valence-electron chi connectivity index (χ3n) is 4.52. The van der Waals surface area contributed by atoms with Crippen LogP contribution in [0.4, 0.5) is 5.82 Å². The molecule has 1 N–H and O–H groups in total. The molecule has 0 atom stereocenters. The van der Waals surface area contributed by atoms with E-state index in [-0.39, 0.29) is 0 Å². The van der Waals surface area contributed by atoms with Crippen LogP contribution in [-0.2, 0) is 13.0 Å². The minimum atomic E-state index is 0.543. The van der Waals surface area contributed by atoms with E-state index in [1.54, 1.807) is 0 Å². The third kappa shape index (κ3) is 2.94. The molecule has 3 rings (SSSR count). The lowest BCUT2D eigenvalue weighted by Crippen LogP contribution is -2.23. The van der Waals surface area contributed by atoms with Gasteiger partial charge in [0.05, 0.1) is 5.69 Å². The lowest BCUT2D eigenvalue weighted by atomic mass is 9.95. The van der Waals surface area contributed by atoms with Crippen molar-refractivity contribution in [3.63, 3.8) is 0 Å². The molecule has 0 aromatic carbocycles. The number of nitrogens with zero attached hydrogens (tertiary/aromatic N) is 4. The Morgan fingerprint density at radius 1 is 1.14 bits per heavy atom. The Labute approximate surface area is 132 Å². The van der Waals surface area contributed by atoms with Crippen molar-refractivity contribution in [3.8, 4) is 0 Å². The van der Waals surface area contributed by atoms with Crippen molar-refractivity contribution in [1.29, 1.82) is 0 Å². The van der Waals surface area contributed by atoms with Crippen molar-refractivity contribution >= 4 is 16.9 Å². The first-order valence-corrected chi connectivity index (χ1v) is 8.73. The number of hydrogen-bond acceptors (Lipinski definition) is 4. The van der Waals surface area contributed by atoms with Gasteiger partial charge < -0.3 is 5.32 Å². The fraction of sp³-hybridized carbons (Fsp3) is 0.706. The second-order valence-corrected chi connectivity index (χ2v) is 6.32. The quantitative estimate of drug-likeness (QED) is 0.911. The zero-order valence-corrected chi connectivity index (χ0v) is 14.0. The van der Waals surface area contributed by atoms with E-state index >= 15 is 0 Å². The van der Waals surface area contributed by atoms with E-state index in [4.69, 9.17) is 9.97 Å². The van der Waals surface area contributed by atoms with Crippen molar-refractivity contribution in [1.82, 2.24) is 19.7 Å². The third-order valence-corrected chi connectivity index (χ3v) is 4.52. The number of anilines is 1. The van der Waals surface area contributed by atoms with Gasteiger partial charge >= 0.3 is 0 Å². The monoisotopic (exact) mass is 301 g/mol. The minimum Gasteiger partial charge on any atom is -0.365 e. The predicted molar refractivity (Wildman–Crippen MR) is 90.2 cm³/mol. The van der Waals surface area contributed by atoms with Crippen LogP contribution in [0, 0.1) is 6.92 Å². The molecule has 0 radical (unpaired) electrons. The highest BCUT2D eigenvalue weighted by Crippen LogP contribution is 2.27. The summed E-state index contributed by atoms with van der Waals surface area (Å²) in [7, 11) is 0. The van der Waals surface area contributed by atoms with Crippen molar-refractivity contribution in [3.05, 3.63) is 11.5 Å². The van der Waals surface area contributed by atoms with Gasteiger partial charge in [0.2, 0.25) is 0 Å². The van der Waals surface area contributed by atoms with Crippen LogP contribution in [0.5, 0.6) is 0 Å². The second kappa shape index (κ2) is 6.63. The molecule has 5 heteroatoms. The lowest BCUT2D eigenvalue weighted by molar-refractivity contribution is 0.462. The minimum absolute atomic E-state index is 0.543. The summed E-state index contributed by atoms with van der Waals surface area (Å²) in [6, 6.07) is 0.543. The van der Waals surface area contributed by atoms with Crippen LogP contribution in [0.1, 0.15) is 63.9 Å². The standard InChI is InChI=1S/C17H27N5/c1-4-9-14-19-15-12(3)21-22(5-2)16(15)17(20-14)18-13-10-7-6-8-11-13/h13H,4-11H2,1-3H3,(H,18,19,20). The highest BCUT2D eigenvalue weighted by molar-refractivity contribution is 5.87. The van der Waals surface area contributed by atoms with Gasteiger partial charge in [-0.05, 0) is 33.1 Å². The summed E-state index contributed by atoms with van der Waals surface area (Å²) in [5.41, 5.74) is 3.09. The molecule has 5 nitrogen and oxygen atoms in total. The summed E-state index contributed by atoms with van der Waals surface area (Å²) in [6.45, 7) is 7.18. The van der Waals surface area contributed by atoms with Gasteiger partial charge in [0, 0.05) is 19.0 Å². The Balaban J connectivity index is 2.03. The number of aryl methyl sites for hydroxylation is 3. The zero-order chi connectivity index (χ0) is 15.5. The fourth-order valence-corrected chi connectivity index (χ4v) is 3.38. The van der Waals surface area contributed by atoms with E-state index < -0.39 is 0 Å². The van der Waals surface area contributed by atoms with Gasteiger partial charge in [-0.1, -0.05) is 26.2 Å². The first-order valence-electron chi connectivity index (χ1n) is 8.73. The van der Waals surface area contributed by atoms with Crippen molar-refractivity contribution in [2.45, 2.75) is 78.3 Å². The molecule has 0 saturated heterocycles. The second-order valence-electron chi connectivity index (χ2n) is 6.32. The normalized spacial score (nSPS) is 16.3. The summed E-state index contributed by atoms with van der Waals surface area (Å²) in [5, 5.41) is 8.34. The van der Waals surface area contributed by atoms with Crippen molar-refractivity contribution in [2.75, 3.05) is 5.32 Å². The van der Waals surface area contributed by atoms with E-state index in [9.17, 15) is 0 Å². The summed E-state index contributed by atoms with van der Waals surface area (Å²) >= 11 is 0. The molecule has 1 saturated carbocycles. The molecule has 1 aliphatic carbocycles. The zero-order valence-electron chi connectivity index (χ0n) is 14.0. The van der Waals surface area contributed by atoms with Crippen LogP contribution in [0.2, 0.25) is 0 Å². The largest absolute Gasteiger partial charge is 0.365 e. The molecule has 1 aliphatic rings. The van der Waals surface area contributed by atoms with E-state index in [0.29, 0.717) is 6.04 Å². The van der Waals surface area contributed by atoms with Gasteiger partial charge in [0.1, 0.15) is 16.9 Å². The van der Waals surface area contributed by atoms with Gasteiger partial charge in [-0.3, -0.25) is 4.68 Å². The molecule has 0 amide bonds. The van der Waals surface area contributed by atoms with Crippen molar-refractivity contribution in [2.24, 2.45) is 0 Å². The van der Waals surface area contributed by atoms with Crippen LogP contribution in [-0.4, -0.2) is 25.8 Å². The van der Waals surface area contributed by atoms with E-state index in [1.165, 1.54) is 32.1 Å². The maximum atomic E-state index is 4.82. The van der Waals surface area contributed by atoms with Crippen LogP contribution in [0.15, 0.2) is 0 Å². The van der Waals surface area contributed by atoms with Crippen LogP contribution in [0.25, 0.3) is 11.0 Å². The van der Waals surface area contributed by atoms with E-state index in [2.05, 4.69) is 24.3 Å². The van der Waals surface area contributed by atoms with Crippen LogP contribution < -0.4 is 5.32 Å². The fourth-order valence-electron chi connectivity index (χ4n) is 3.38. The molecule has 1 fully saturated rings. The number of fused-ring (bicyclic) bond motifs is 1. The first kappa shape index (κ1) is 15.3. The Morgan fingerprint density at radius 2 is 1.91 bits per heavy atom. The number of nitrogens with one attached hydrogen (secondary N) is 1. The summed E-state index contributed by atoms with van der Waals surface area (Å²) < 4.78 is 2.03. The molecular weight excluding hydrogens is 274 g/mol. The van der Waals surface area contributed by atoms with Crippen molar-refractivity contribution < 1.29 is 0 Å². The van der Waals surface area contributed by atoms with Crippen LogP contribution >= 0.6 is 0 Å². The Hall–Kier alpha value is -1.65. The Bertz CT molecular complexity index is 640. The molecule has 2 aromatic rings. The summed E-state index contributed by atoms with van der Waals surface area (Å²) in [5.74, 6) is 1.93. The number of rotatable bonds is 5. The highest BCUT2D eigenvalue weighted by Gasteiger charge is 2.19. The summed E-state index contributed by atoms with van der Waals surface area (Å²) in [4.78, 5) is 9.58. The molecule has 120 valence electrons. The average Bonchev–Trinajstić information content (AvgIpc) is 2.85. The number of hydrogen-bond donors (Lipinski definition) is 1. The molecular formula is C17H27N5. The van der Waals surface area contributed by atoms with Gasteiger partial charge in [-0.2, -0.15) is 5.10 Å². The molecule has 0 unspecified atom stereocenters. The predicted octanol–water partition coefficient (Wildman–Crippen LogP) is 3.85. The smallest absolute Gasteiger partial charge is 0.156 e. The SMILES string of the molecule is CCCc1nc(NC2CCCCC2)c2c(n1)c(C)nn2CC. The first-order chi connectivity index (χ1) is 10.7. The molecule has 0 spiro atoms. The topological polar surface area (TPSA) is 55.6 Å².